The van der Waals surface area contributed by atoms with Crippen LogP contribution in [0.2, 0.25) is 0 Å². The first-order chi connectivity index (χ1) is 10.1. The van der Waals surface area contributed by atoms with Crippen LogP contribution in [0.15, 0.2) is 42.5 Å². The molecule has 1 atom stereocenters. The molecule has 0 aliphatic rings. The minimum atomic E-state index is -0.180. The molecule has 0 saturated carbocycles. The zero-order valence-electron chi connectivity index (χ0n) is 12.8. The predicted molar refractivity (Wildman–Crippen MR) is 84.3 cm³/mol. The Morgan fingerprint density at radius 1 is 1.19 bits per heavy atom. The standard InChI is InChI=1S/C18H22FNO/c1-13-7-8-17(18(11-13)21-3)14(2)20-10-9-15-5-4-6-16(19)12-15/h4-8,11-12,14,20H,9-10H2,1-3H3. The van der Waals surface area contributed by atoms with Gasteiger partial charge in [-0.05, 0) is 56.1 Å². The number of hydrogen-bond acceptors (Lipinski definition) is 2. The fraction of sp³-hybridized carbons (Fsp3) is 0.333. The summed E-state index contributed by atoms with van der Waals surface area (Å²) in [4.78, 5) is 0. The fourth-order valence-electron chi connectivity index (χ4n) is 2.41. The molecule has 2 rings (SSSR count). The van der Waals surface area contributed by atoms with Crippen molar-refractivity contribution in [3.63, 3.8) is 0 Å². The zero-order valence-corrected chi connectivity index (χ0v) is 12.8. The summed E-state index contributed by atoms with van der Waals surface area (Å²) in [5.74, 6) is 0.724. The van der Waals surface area contributed by atoms with Crippen molar-refractivity contribution in [3.05, 3.63) is 65.0 Å². The van der Waals surface area contributed by atoms with Crippen molar-refractivity contribution in [2.75, 3.05) is 13.7 Å². The Labute approximate surface area is 126 Å². The molecule has 0 radical (unpaired) electrons. The normalized spacial score (nSPS) is 12.2. The third-order valence-electron chi connectivity index (χ3n) is 3.61. The number of methoxy groups -OCH3 is 1. The van der Waals surface area contributed by atoms with Crippen LogP contribution in [0, 0.1) is 12.7 Å². The van der Waals surface area contributed by atoms with Crippen molar-refractivity contribution >= 4 is 0 Å². The summed E-state index contributed by atoms with van der Waals surface area (Å²) in [6, 6.07) is 13.2. The molecule has 0 fully saturated rings. The highest BCUT2D eigenvalue weighted by Crippen LogP contribution is 2.25. The quantitative estimate of drug-likeness (QED) is 0.866. The van der Waals surface area contributed by atoms with Crippen LogP contribution in [0.5, 0.6) is 5.75 Å². The molecule has 2 nitrogen and oxygen atoms in total. The highest BCUT2D eigenvalue weighted by atomic mass is 19.1. The van der Waals surface area contributed by atoms with Gasteiger partial charge in [-0.15, -0.1) is 0 Å². The summed E-state index contributed by atoms with van der Waals surface area (Å²) < 4.78 is 18.6. The Morgan fingerprint density at radius 2 is 2.00 bits per heavy atom. The average molecular weight is 287 g/mol. The number of aryl methyl sites for hydroxylation is 1. The summed E-state index contributed by atoms with van der Waals surface area (Å²) in [5.41, 5.74) is 3.33. The van der Waals surface area contributed by atoms with E-state index in [9.17, 15) is 4.39 Å². The van der Waals surface area contributed by atoms with Gasteiger partial charge in [0.1, 0.15) is 11.6 Å². The van der Waals surface area contributed by atoms with Gasteiger partial charge in [0.25, 0.3) is 0 Å². The molecule has 1 N–H and O–H groups in total. The second-order valence-electron chi connectivity index (χ2n) is 5.30. The minimum absolute atomic E-state index is 0.180. The molecule has 112 valence electrons. The number of hydrogen-bond donors (Lipinski definition) is 1. The molecule has 0 aliphatic heterocycles. The van der Waals surface area contributed by atoms with Crippen LogP contribution < -0.4 is 10.1 Å². The molecule has 0 spiro atoms. The van der Waals surface area contributed by atoms with Crippen LogP contribution >= 0.6 is 0 Å². The van der Waals surface area contributed by atoms with Crippen molar-refractivity contribution in [2.45, 2.75) is 26.3 Å². The van der Waals surface area contributed by atoms with Gasteiger partial charge in [-0.1, -0.05) is 24.3 Å². The molecule has 3 heteroatoms. The summed E-state index contributed by atoms with van der Waals surface area (Å²) in [6.07, 6.45) is 0.802. The molecular formula is C18H22FNO. The molecule has 0 aromatic heterocycles. The van der Waals surface area contributed by atoms with Crippen molar-refractivity contribution in [2.24, 2.45) is 0 Å². The van der Waals surface area contributed by atoms with E-state index in [4.69, 9.17) is 4.74 Å². The van der Waals surface area contributed by atoms with Gasteiger partial charge < -0.3 is 10.1 Å². The van der Waals surface area contributed by atoms with Crippen LogP contribution in [0.3, 0.4) is 0 Å². The maximum atomic E-state index is 13.1. The summed E-state index contributed by atoms with van der Waals surface area (Å²) in [6.45, 7) is 4.95. The van der Waals surface area contributed by atoms with E-state index in [1.165, 1.54) is 11.6 Å². The van der Waals surface area contributed by atoms with Gasteiger partial charge in [0, 0.05) is 11.6 Å². The number of benzene rings is 2. The largest absolute Gasteiger partial charge is 0.496 e. The molecule has 1 unspecified atom stereocenters. The zero-order chi connectivity index (χ0) is 15.2. The molecule has 0 amide bonds. The lowest BCUT2D eigenvalue weighted by molar-refractivity contribution is 0.401. The van der Waals surface area contributed by atoms with E-state index >= 15 is 0 Å². The second kappa shape index (κ2) is 7.23. The van der Waals surface area contributed by atoms with Gasteiger partial charge in [0.2, 0.25) is 0 Å². The van der Waals surface area contributed by atoms with E-state index in [0.29, 0.717) is 0 Å². The fourth-order valence-corrected chi connectivity index (χ4v) is 2.41. The van der Waals surface area contributed by atoms with Gasteiger partial charge >= 0.3 is 0 Å². The first kappa shape index (κ1) is 15.5. The van der Waals surface area contributed by atoms with Gasteiger partial charge in [0.05, 0.1) is 7.11 Å². The molecule has 0 saturated heterocycles. The van der Waals surface area contributed by atoms with Crippen LogP contribution in [-0.2, 0) is 6.42 Å². The Balaban J connectivity index is 1.94. The van der Waals surface area contributed by atoms with E-state index in [1.807, 2.05) is 19.1 Å². The van der Waals surface area contributed by atoms with Crippen molar-refractivity contribution < 1.29 is 9.13 Å². The van der Waals surface area contributed by atoms with Gasteiger partial charge in [-0.25, -0.2) is 4.39 Å². The number of nitrogens with one attached hydrogen (secondary N) is 1. The molecule has 0 aliphatic carbocycles. The maximum absolute atomic E-state index is 13.1. The number of rotatable bonds is 6. The number of ether oxygens (including phenoxy) is 1. The van der Waals surface area contributed by atoms with E-state index in [2.05, 4.69) is 24.4 Å². The monoisotopic (exact) mass is 287 g/mol. The predicted octanol–water partition coefficient (Wildman–Crippen LogP) is 4.04. The summed E-state index contributed by atoms with van der Waals surface area (Å²) >= 11 is 0. The maximum Gasteiger partial charge on any atom is 0.123 e. The molecular weight excluding hydrogens is 265 g/mol. The molecule has 0 heterocycles. The van der Waals surface area contributed by atoms with E-state index in [1.54, 1.807) is 19.2 Å². The third-order valence-corrected chi connectivity index (χ3v) is 3.61. The van der Waals surface area contributed by atoms with Crippen LogP contribution in [-0.4, -0.2) is 13.7 Å². The highest BCUT2D eigenvalue weighted by molar-refractivity contribution is 5.39. The van der Waals surface area contributed by atoms with Crippen molar-refractivity contribution in [1.29, 1.82) is 0 Å². The summed E-state index contributed by atoms with van der Waals surface area (Å²) in [7, 11) is 1.69. The van der Waals surface area contributed by atoms with Crippen LogP contribution in [0.1, 0.15) is 29.7 Å². The van der Waals surface area contributed by atoms with Crippen LogP contribution in [0.4, 0.5) is 4.39 Å². The lowest BCUT2D eigenvalue weighted by Crippen LogP contribution is -2.21. The summed E-state index contributed by atoms with van der Waals surface area (Å²) in [5, 5.41) is 3.46. The first-order valence-electron chi connectivity index (χ1n) is 7.22. The molecule has 21 heavy (non-hydrogen) atoms. The van der Waals surface area contributed by atoms with Gasteiger partial charge in [-0.2, -0.15) is 0 Å². The third kappa shape index (κ3) is 4.30. The molecule has 0 bridgehead atoms. The minimum Gasteiger partial charge on any atom is -0.496 e. The van der Waals surface area contributed by atoms with E-state index in [-0.39, 0.29) is 11.9 Å². The lowest BCUT2D eigenvalue weighted by Gasteiger charge is -2.18. The topological polar surface area (TPSA) is 21.3 Å². The lowest BCUT2D eigenvalue weighted by atomic mass is 10.0. The highest BCUT2D eigenvalue weighted by Gasteiger charge is 2.10. The number of halogens is 1. The molecule has 2 aromatic carbocycles. The van der Waals surface area contributed by atoms with Crippen molar-refractivity contribution in [3.8, 4) is 5.75 Å². The SMILES string of the molecule is COc1cc(C)ccc1C(C)NCCc1cccc(F)c1. The Bertz CT molecular complexity index is 598. The van der Waals surface area contributed by atoms with E-state index < -0.39 is 0 Å². The van der Waals surface area contributed by atoms with Crippen molar-refractivity contribution in [1.82, 2.24) is 5.32 Å². The average Bonchev–Trinajstić information content (AvgIpc) is 2.47. The Morgan fingerprint density at radius 3 is 2.71 bits per heavy atom. The molecule has 2 aromatic rings. The Hall–Kier alpha value is -1.87. The van der Waals surface area contributed by atoms with Crippen LogP contribution in [0.25, 0.3) is 0 Å². The van der Waals surface area contributed by atoms with Gasteiger partial charge in [-0.3, -0.25) is 0 Å². The second-order valence-corrected chi connectivity index (χ2v) is 5.30. The smallest absolute Gasteiger partial charge is 0.123 e. The Kier molecular flexibility index (Phi) is 5.34. The first-order valence-corrected chi connectivity index (χ1v) is 7.22. The van der Waals surface area contributed by atoms with Gasteiger partial charge in [0.15, 0.2) is 0 Å². The van der Waals surface area contributed by atoms with E-state index in [0.717, 1.165) is 29.8 Å².